The van der Waals surface area contributed by atoms with Gasteiger partial charge in [-0.15, -0.1) is 0 Å². The molecule has 3 aliphatic heterocycles. The molecule has 0 bridgehead atoms. The molecule has 10 atom stereocenters. The van der Waals surface area contributed by atoms with E-state index >= 15 is 0 Å². The zero-order chi connectivity index (χ0) is 59.2. The summed E-state index contributed by atoms with van der Waals surface area (Å²) >= 11 is 0. The van der Waals surface area contributed by atoms with E-state index in [4.69, 9.17) is 47.4 Å². The first-order chi connectivity index (χ1) is 40.7. The highest BCUT2D eigenvalue weighted by Crippen LogP contribution is 2.40. The van der Waals surface area contributed by atoms with Crippen LogP contribution in [0.15, 0.2) is 193 Å². The van der Waals surface area contributed by atoms with E-state index in [2.05, 4.69) is 5.32 Å². The Morgan fingerprint density at radius 3 is 1.36 bits per heavy atom. The Hall–Kier alpha value is -8.20. The Labute approximate surface area is 487 Å². The molecule has 0 saturated carbocycles. The Balaban J connectivity index is 1.12. The lowest BCUT2D eigenvalue weighted by atomic mass is 9.77. The van der Waals surface area contributed by atoms with Gasteiger partial charge in [0.25, 0.3) is 11.8 Å². The second-order valence-electron chi connectivity index (χ2n) is 20.6. The number of rotatable bonds is 24. The highest BCUT2D eigenvalue weighted by Gasteiger charge is 2.59. The second kappa shape index (κ2) is 28.4. The maximum Gasteiger partial charge on any atom is 0.303 e. The summed E-state index contributed by atoms with van der Waals surface area (Å²) in [5.74, 6) is -4.42. The van der Waals surface area contributed by atoms with Gasteiger partial charge < -0.3 is 52.7 Å². The maximum absolute atomic E-state index is 15.0. The molecule has 0 aromatic heterocycles. The van der Waals surface area contributed by atoms with Crippen molar-refractivity contribution in [1.82, 2.24) is 10.2 Å². The number of benzene rings is 6. The van der Waals surface area contributed by atoms with Crippen LogP contribution in [0.25, 0.3) is 0 Å². The van der Waals surface area contributed by atoms with Gasteiger partial charge in [0.1, 0.15) is 55.3 Å². The summed E-state index contributed by atoms with van der Waals surface area (Å²) < 4.78 is 64.9. The molecule has 6 aromatic rings. The van der Waals surface area contributed by atoms with Crippen molar-refractivity contribution in [2.24, 2.45) is 0 Å². The summed E-state index contributed by atoms with van der Waals surface area (Å²) in [6.07, 6.45) is -13.0. The third-order valence-electron chi connectivity index (χ3n) is 14.8. The summed E-state index contributed by atoms with van der Waals surface area (Å²) in [5.41, 5.74) is 3.42. The summed E-state index contributed by atoms with van der Waals surface area (Å²) in [4.78, 5) is 84.7. The molecule has 3 heterocycles. The monoisotopic (exact) mass is 1140 g/mol. The third kappa shape index (κ3) is 14.4. The van der Waals surface area contributed by atoms with Crippen LogP contribution in [0, 0.1) is 0 Å². The van der Waals surface area contributed by atoms with Crippen molar-refractivity contribution in [3.63, 3.8) is 0 Å². The van der Waals surface area contributed by atoms with Crippen molar-refractivity contribution in [2.75, 3.05) is 19.8 Å². The van der Waals surface area contributed by atoms with Crippen LogP contribution in [-0.4, -0.2) is 122 Å². The molecule has 1 N–H and O–H groups in total. The largest absolute Gasteiger partial charge is 0.463 e. The fourth-order valence-electron chi connectivity index (χ4n) is 10.7. The van der Waals surface area contributed by atoms with Gasteiger partial charge in [-0.1, -0.05) is 182 Å². The number of hydrogen-bond donors (Lipinski definition) is 1. The molecule has 3 amide bonds. The predicted molar refractivity (Wildman–Crippen MR) is 303 cm³/mol. The molecule has 0 spiro atoms. The summed E-state index contributed by atoms with van der Waals surface area (Å²) in [6, 6.07) is 54.4. The van der Waals surface area contributed by atoms with Crippen molar-refractivity contribution >= 4 is 35.6 Å². The Morgan fingerprint density at radius 2 is 0.893 bits per heavy atom. The van der Waals surface area contributed by atoms with Gasteiger partial charge in [-0.2, -0.15) is 0 Å². The van der Waals surface area contributed by atoms with Crippen molar-refractivity contribution in [3.05, 3.63) is 227 Å². The van der Waals surface area contributed by atoms with Gasteiger partial charge >= 0.3 is 17.9 Å². The van der Waals surface area contributed by atoms with Gasteiger partial charge in [-0.05, 0) is 47.2 Å². The Kier molecular flexibility index (Phi) is 20.4. The first-order valence-corrected chi connectivity index (χ1v) is 27.7. The number of hydrogen-bond acceptors (Lipinski definition) is 16. The number of carbonyl (C=O) groups is 6. The van der Waals surface area contributed by atoms with Gasteiger partial charge in [0, 0.05) is 31.9 Å². The van der Waals surface area contributed by atoms with Crippen LogP contribution in [0.5, 0.6) is 0 Å². The summed E-state index contributed by atoms with van der Waals surface area (Å²) in [6.45, 7) is 5.15. The first-order valence-electron chi connectivity index (χ1n) is 27.7. The SMILES string of the molecule is CC(=O)OC[C@H]1O[C@@H](O[C@H]2[C@H](OC(C)=O)[C@@H](N3C(=O)C(C)=C(C)C3=O)[C@H](OCC(=O)NC(c3ccccc3)(c3ccccc3)c3ccccc3)O[C@@H]2COCc2ccccc2)[C@H](OC(C)=O)[C@@H](OCc2ccccc2)[C@@H]1OCc1ccccc1. The lowest BCUT2D eigenvalue weighted by molar-refractivity contribution is -0.359. The van der Waals surface area contributed by atoms with E-state index in [1.807, 2.05) is 182 Å². The molecule has 3 aliphatic rings. The van der Waals surface area contributed by atoms with Crippen LogP contribution in [0.1, 0.15) is 68.0 Å². The van der Waals surface area contributed by atoms with Crippen LogP contribution >= 0.6 is 0 Å². The number of esters is 3. The highest BCUT2D eigenvalue weighted by molar-refractivity contribution is 6.19. The molecule has 2 fully saturated rings. The predicted octanol–water partition coefficient (Wildman–Crippen LogP) is 7.83. The molecule has 6 aromatic carbocycles. The number of nitrogens with one attached hydrogen (secondary N) is 1. The fourth-order valence-corrected chi connectivity index (χ4v) is 10.7. The quantitative estimate of drug-likeness (QED) is 0.0265. The Morgan fingerprint density at radius 1 is 0.476 bits per heavy atom. The number of amides is 3. The van der Waals surface area contributed by atoms with Crippen LogP contribution in [0.4, 0.5) is 0 Å². The molecule has 438 valence electrons. The third-order valence-corrected chi connectivity index (χ3v) is 14.8. The molecule has 9 rings (SSSR count). The number of imide groups is 1. The van der Waals surface area contributed by atoms with Crippen LogP contribution in [-0.2, 0) is 101 Å². The molecular formula is C66H68N2O16. The van der Waals surface area contributed by atoms with Crippen molar-refractivity contribution in [3.8, 4) is 0 Å². The van der Waals surface area contributed by atoms with E-state index in [1.165, 1.54) is 27.7 Å². The normalized spacial score (nSPS) is 23.4. The zero-order valence-corrected chi connectivity index (χ0v) is 47.3. The fraction of sp³-hybridized carbons (Fsp3) is 0.333. The van der Waals surface area contributed by atoms with Crippen LogP contribution in [0.2, 0.25) is 0 Å². The summed E-state index contributed by atoms with van der Waals surface area (Å²) in [5, 5.41) is 3.27. The van der Waals surface area contributed by atoms with Crippen molar-refractivity contribution < 1.29 is 76.1 Å². The van der Waals surface area contributed by atoms with Gasteiger partial charge in [0.2, 0.25) is 5.91 Å². The molecule has 18 heteroatoms. The molecule has 0 radical (unpaired) electrons. The van der Waals surface area contributed by atoms with Gasteiger partial charge in [0.15, 0.2) is 24.8 Å². The maximum atomic E-state index is 15.0. The standard InChI is InChI=1S/C66H68N2O16/c1-42-43(2)63(74)68(62(42)73)56-59(80-45(4)70)58(84-65-61(81-46(5)71)60(78-38-49-28-16-8-17-29-49)57(54(83-65)40-76-44(3)69)77-37-48-26-14-7-15-27-48)53(39-75-36-47-24-12-6-13-25-47)82-64(56)79-41-55(72)67-66(50-30-18-9-19-31-50,51-32-20-10-21-33-51)52-34-22-11-23-35-52/h6-35,53-54,56-61,64-65H,36-41H2,1-5H3,(H,67,72)/t53-,54-,56-,57-,58-,59-,60+,61-,64-,65+/m1/s1. The average molecular weight is 1150 g/mol. The Bertz CT molecular complexity index is 3090. The van der Waals surface area contributed by atoms with Crippen molar-refractivity contribution in [2.45, 2.75) is 121 Å². The lowest BCUT2D eigenvalue weighted by Gasteiger charge is -2.50. The van der Waals surface area contributed by atoms with E-state index in [9.17, 15) is 28.8 Å². The molecule has 0 unspecified atom stereocenters. The number of ether oxygens (including phenoxy) is 10. The van der Waals surface area contributed by atoms with E-state index < -0.39 is 116 Å². The second-order valence-corrected chi connectivity index (χ2v) is 20.6. The van der Waals surface area contributed by atoms with Gasteiger partial charge in [0.05, 0.1) is 26.4 Å². The van der Waals surface area contributed by atoms with Gasteiger partial charge in [-0.3, -0.25) is 33.7 Å². The summed E-state index contributed by atoms with van der Waals surface area (Å²) in [7, 11) is 0. The highest BCUT2D eigenvalue weighted by atomic mass is 16.8. The van der Waals surface area contributed by atoms with E-state index in [-0.39, 0.29) is 37.6 Å². The number of carbonyl (C=O) groups excluding carboxylic acids is 6. The topological polar surface area (TPSA) is 210 Å². The van der Waals surface area contributed by atoms with E-state index in [1.54, 1.807) is 0 Å². The van der Waals surface area contributed by atoms with Crippen molar-refractivity contribution in [1.29, 1.82) is 0 Å². The van der Waals surface area contributed by atoms with Gasteiger partial charge in [-0.25, -0.2) is 0 Å². The smallest absolute Gasteiger partial charge is 0.303 e. The van der Waals surface area contributed by atoms with Crippen LogP contribution < -0.4 is 5.32 Å². The molecule has 84 heavy (non-hydrogen) atoms. The molecular weight excluding hydrogens is 1080 g/mol. The molecule has 18 nitrogen and oxygen atoms in total. The van der Waals surface area contributed by atoms with Crippen LogP contribution in [0.3, 0.4) is 0 Å². The first kappa shape index (κ1) is 60.4. The lowest BCUT2D eigenvalue weighted by Crippen LogP contribution is -2.70. The number of nitrogens with zero attached hydrogens (tertiary/aromatic N) is 1. The molecule has 2 saturated heterocycles. The minimum atomic E-state index is -1.72. The molecule has 0 aliphatic carbocycles. The zero-order valence-electron chi connectivity index (χ0n) is 47.3. The average Bonchev–Trinajstić information content (AvgIpc) is 3.43. The van der Waals surface area contributed by atoms with E-state index in [0.717, 1.165) is 45.2 Å². The minimum absolute atomic E-state index is 0.0250. The minimum Gasteiger partial charge on any atom is -0.463 e. The van der Waals surface area contributed by atoms with E-state index in [0.29, 0.717) is 0 Å².